The van der Waals surface area contributed by atoms with Gasteiger partial charge in [0, 0.05) is 18.5 Å². The lowest BCUT2D eigenvalue weighted by Crippen LogP contribution is -2.24. The molecule has 0 aliphatic carbocycles. The van der Waals surface area contributed by atoms with Gasteiger partial charge in [-0.1, -0.05) is 13.8 Å². The minimum absolute atomic E-state index is 0.0398. The molecule has 1 saturated heterocycles. The average Bonchev–Trinajstić information content (AvgIpc) is 2.84. The number of nitrogens with zero attached hydrogens (tertiary/aromatic N) is 1. The van der Waals surface area contributed by atoms with Crippen molar-refractivity contribution in [2.75, 3.05) is 6.54 Å². The number of carboxylic acids is 1. The highest BCUT2D eigenvalue weighted by molar-refractivity contribution is 5.86. The maximum Gasteiger partial charge on any atom is 0.372 e. The summed E-state index contributed by atoms with van der Waals surface area (Å²) in [6.07, 6.45) is 0.573. The smallest absolute Gasteiger partial charge is 0.372 e. The number of carbonyl (C=O) groups is 2. The highest BCUT2D eigenvalue weighted by Crippen LogP contribution is 2.27. The van der Waals surface area contributed by atoms with E-state index in [1.807, 2.05) is 0 Å². The Morgan fingerprint density at radius 3 is 2.74 bits per heavy atom. The molecule has 0 aromatic carbocycles. The summed E-state index contributed by atoms with van der Waals surface area (Å²) < 4.78 is 5.29. The Hall–Kier alpha value is -1.78. The van der Waals surface area contributed by atoms with E-state index in [-0.39, 0.29) is 11.7 Å². The van der Waals surface area contributed by atoms with E-state index in [4.69, 9.17) is 9.52 Å². The summed E-state index contributed by atoms with van der Waals surface area (Å²) in [7, 11) is 0. The molecule has 0 radical (unpaired) electrons. The van der Waals surface area contributed by atoms with Crippen LogP contribution in [0.4, 0.5) is 0 Å². The molecule has 1 aliphatic heterocycles. The Morgan fingerprint density at radius 1 is 1.58 bits per heavy atom. The van der Waals surface area contributed by atoms with Gasteiger partial charge in [-0.3, -0.25) is 4.79 Å². The Labute approximate surface area is 112 Å². The summed E-state index contributed by atoms with van der Waals surface area (Å²) in [5.74, 6) is 0.389. The Morgan fingerprint density at radius 2 is 2.26 bits per heavy atom. The second kappa shape index (κ2) is 5.07. The molecule has 2 rings (SSSR count). The van der Waals surface area contributed by atoms with Gasteiger partial charge in [0.15, 0.2) is 0 Å². The molecule has 1 N–H and O–H groups in total. The maximum absolute atomic E-state index is 11.9. The third-order valence-electron chi connectivity index (χ3n) is 3.70. The average molecular weight is 265 g/mol. The minimum Gasteiger partial charge on any atom is -0.475 e. The van der Waals surface area contributed by atoms with Crippen LogP contribution < -0.4 is 0 Å². The molecule has 1 aromatic rings. The van der Waals surface area contributed by atoms with Gasteiger partial charge in [-0.05, 0) is 24.8 Å². The molecule has 1 fully saturated rings. The number of amides is 1. The van der Waals surface area contributed by atoms with Gasteiger partial charge in [0.2, 0.25) is 11.7 Å². The van der Waals surface area contributed by atoms with Crippen LogP contribution in [-0.2, 0) is 11.3 Å². The van der Waals surface area contributed by atoms with Crippen LogP contribution in [0.25, 0.3) is 0 Å². The highest BCUT2D eigenvalue weighted by Gasteiger charge is 2.32. The molecule has 1 aromatic heterocycles. The fraction of sp³-hybridized carbons (Fsp3) is 0.571. The van der Waals surface area contributed by atoms with Crippen LogP contribution in [0.5, 0.6) is 0 Å². The number of carboxylic acid groups (broad SMARTS) is 1. The van der Waals surface area contributed by atoms with Crippen molar-refractivity contribution in [2.45, 2.75) is 33.7 Å². The lowest BCUT2D eigenvalue weighted by atomic mass is 9.95. The molecule has 2 heterocycles. The lowest BCUT2D eigenvalue weighted by molar-refractivity contribution is -0.128. The van der Waals surface area contributed by atoms with Crippen LogP contribution in [0.15, 0.2) is 10.5 Å². The molecule has 104 valence electrons. The van der Waals surface area contributed by atoms with Gasteiger partial charge in [-0.25, -0.2) is 4.79 Å². The van der Waals surface area contributed by atoms with Gasteiger partial charge >= 0.3 is 5.97 Å². The van der Waals surface area contributed by atoms with Gasteiger partial charge in [-0.15, -0.1) is 0 Å². The van der Waals surface area contributed by atoms with Gasteiger partial charge in [0.25, 0.3) is 0 Å². The summed E-state index contributed by atoms with van der Waals surface area (Å²) in [5, 5.41) is 8.93. The Balaban J connectivity index is 2.08. The van der Waals surface area contributed by atoms with Crippen LogP contribution in [-0.4, -0.2) is 28.4 Å². The van der Waals surface area contributed by atoms with Crippen LogP contribution in [0.1, 0.15) is 42.1 Å². The minimum atomic E-state index is -1.07. The number of hydrogen-bond acceptors (Lipinski definition) is 3. The van der Waals surface area contributed by atoms with E-state index in [9.17, 15) is 9.59 Å². The van der Waals surface area contributed by atoms with Crippen molar-refractivity contribution in [1.82, 2.24) is 4.90 Å². The second-order valence-corrected chi connectivity index (χ2v) is 5.51. The van der Waals surface area contributed by atoms with Crippen molar-refractivity contribution in [3.63, 3.8) is 0 Å². The maximum atomic E-state index is 11.9. The fourth-order valence-electron chi connectivity index (χ4n) is 2.43. The third-order valence-corrected chi connectivity index (χ3v) is 3.70. The summed E-state index contributed by atoms with van der Waals surface area (Å²) in [6, 6.07) is 1.69. The van der Waals surface area contributed by atoms with Gasteiger partial charge < -0.3 is 14.4 Å². The van der Waals surface area contributed by atoms with Crippen molar-refractivity contribution in [3.05, 3.63) is 23.2 Å². The number of furan rings is 1. The number of hydrogen-bond donors (Lipinski definition) is 1. The van der Waals surface area contributed by atoms with Crippen LogP contribution in [0.2, 0.25) is 0 Å². The zero-order valence-electron chi connectivity index (χ0n) is 11.5. The van der Waals surface area contributed by atoms with Crippen molar-refractivity contribution in [2.24, 2.45) is 11.8 Å². The first kappa shape index (κ1) is 13.6. The number of likely N-dealkylation sites (tertiary alicyclic amines) is 1. The second-order valence-electron chi connectivity index (χ2n) is 5.51. The van der Waals surface area contributed by atoms with Crippen LogP contribution >= 0.6 is 0 Å². The van der Waals surface area contributed by atoms with E-state index in [1.54, 1.807) is 17.9 Å². The number of carbonyl (C=O) groups excluding carboxylic acids is 1. The molecule has 0 saturated carbocycles. The third kappa shape index (κ3) is 2.80. The molecule has 0 bridgehead atoms. The summed E-state index contributed by atoms with van der Waals surface area (Å²) in [5.41, 5.74) is 0.592. The van der Waals surface area contributed by atoms with Crippen LogP contribution in [0.3, 0.4) is 0 Å². The molecule has 19 heavy (non-hydrogen) atoms. The quantitative estimate of drug-likeness (QED) is 0.906. The van der Waals surface area contributed by atoms with Crippen molar-refractivity contribution in [3.8, 4) is 0 Å². The van der Waals surface area contributed by atoms with E-state index in [2.05, 4.69) is 13.8 Å². The molecule has 1 atom stereocenters. The van der Waals surface area contributed by atoms with Crippen LogP contribution in [0, 0.1) is 18.8 Å². The first-order valence-corrected chi connectivity index (χ1v) is 6.49. The van der Waals surface area contributed by atoms with Crippen molar-refractivity contribution in [1.29, 1.82) is 0 Å². The zero-order valence-corrected chi connectivity index (χ0v) is 11.5. The molecule has 5 nitrogen and oxygen atoms in total. The van der Waals surface area contributed by atoms with Gasteiger partial charge in [-0.2, -0.15) is 0 Å². The molecular formula is C14H19NO4. The molecular weight excluding hydrogens is 246 g/mol. The van der Waals surface area contributed by atoms with E-state index >= 15 is 0 Å². The number of rotatable bonds is 4. The molecule has 5 heteroatoms. The van der Waals surface area contributed by atoms with E-state index in [0.29, 0.717) is 36.1 Å². The van der Waals surface area contributed by atoms with E-state index in [1.165, 1.54) is 0 Å². The normalized spacial score (nSPS) is 19.5. The topological polar surface area (TPSA) is 70.8 Å². The SMILES string of the molecule is Cc1cc(CN2CC(C(C)C)CC2=O)oc1C(=O)O. The first-order valence-electron chi connectivity index (χ1n) is 6.49. The zero-order chi connectivity index (χ0) is 14.2. The number of aromatic carboxylic acids is 1. The summed E-state index contributed by atoms with van der Waals surface area (Å²) in [6.45, 7) is 7.00. The van der Waals surface area contributed by atoms with Gasteiger partial charge in [0.05, 0.1) is 6.54 Å². The standard InChI is InChI=1S/C14H19NO4/c1-8(2)10-5-12(16)15(6-10)7-11-4-9(3)13(19-11)14(17)18/h4,8,10H,5-7H2,1-3H3,(H,17,18). The van der Waals surface area contributed by atoms with Crippen molar-refractivity contribution >= 4 is 11.9 Å². The molecule has 1 unspecified atom stereocenters. The summed E-state index contributed by atoms with van der Waals surface area (Å²) in [4.78, 5) is 24.5. The van der Waals surface area contributed by atoms with E-state index < -0.39 is 5.97 Å². The predicted octanol–water partition coefficient (Wildman–Crippen LogP) is 2.29. The monoisotopic (exact) mass is 265 g/mol. The lowest BCUT2D eigenvalue weighted by Gasteiger charge is -2.16. The molecule has 1 aliphatic rings. The highest BCUT2D eigenvalue weighted by atomic mass is 16.4. The van der Waals surface area contributed by atoms with Crippen molar-refractivity contribution < 1.29 is 19.1 Å². The fourth-order valence-corrected chi connectivity index (χ4v) is 2.43. The molecule has 0 spiro atoms. The predicted molar refractivity (Wildman–Crippen MR) is 68.8 cm³/mol. The van der Waals surface area contributed by atoms with Gasteiger partial charge in [0.1, 0.15) is 5.76 Å². The molecule has 1 amide bonds. The largest absolute Gasteiger partial charge is 0.475 e. The number of aryl methyl sites for hydroxylation is 1. The Kier molecular flexibility index (Phi) is 3.64. The Bertz CT molecular complexity index is 504. The first-order chi connectivity index (χ1) is 8.88. The summed E-state index contributed by atoms with van der Waals surface area (Å²) >= 11 is 0. The van der Waals surface area contributed by atoms with E-state index in [0.717, 1.165) is 6.54 Å².